The third-order valence-electron chi connectivity index (χ3n) is 5.75. The maximum atomic E-state index is 13.8. The average molecular weight is 456 g/mol. The zero-order valence-corrected chi connectivity index (χ0v) is 20.0. The molecule has 1 N–H and O–H groups in total. The number of carbonyl (C=O) groups excluding carboxylic acids is 1. The summed E-state index contributed by atoms with van der Waals surface area (Å²) in [6.45, 7) is 6.83. The van der Waals surface area contributed by atoms with E-state index in [9.17, 15) is 9.59 Å². The molecule has 0 unspecified atom stereocenters. The minimum Gasteiger partial charge on any atom is -0.355 e. The Balaban J connectivity index is 1.80. The van der Waals surface area contributed by atoms with E-state index in [1.165, 1.54) is 28.6 Å². The molecule has 0 fully saturated rings. The van der Waals surface area contributed by atoms with Gasteiger partial charge in [-0.3, -0.25) is 14.2 Å². The molecule has 0 radical (unpaired) electrons. The maximum Gasteiger partial charge on any atom is 0.267 e. The standard InChI is InChI=1S/C24H29N3O2S2/c1-4-5-12-25-20(28)14-30-24-26-22-21(17-8-6-7-9-19(17)31-22)23(29)27(24)18-13-15(2)10-11-16(18)3/h10-11,13H,4-9,12,14H2,1-3H3,(H,25,28). The fraction of sp³-hybridized carbons (Fsp3) is 0.458. The summed E-state index contributed by atoms with van der Waals surface area (Å²) in [5.41, 5.74) is 4.15. The first-order valence-electron chi connectivity index (χ1n) is 11.0. The lowest BCUT2D eigenvalue weighted by Gasteiger charge is -2.16. The van der Waals surface area contributed by atoms with E-state index in [-0.39, 0.29) is 17.2 Å². The number of rotatable bonds is 7. The number of benzene rings is 1. The van der Waals surface area contributed by atoms with Crippen LogP contribution in [0.1, 0.15) is 54.2 Å². The summed E-state index contributed by atoms with van der Waals surface area (Å²) in [4.78, 5) is 33.2. The van der Waals surface area contributed by atoms with E-state index in [0.29, 0.717) is 11.7 Å². The highest BCUT2D eigenvalue weighted by Gasteiger charge is 2.23. The number of thiophene rings is 1. The van der Waals surface area contributed by atoms with Gasteiger partial charge in [0.1, 0.15) is 4.83 Å². The molecular formula is C24H29N3O2S2. The van der Waals surface area contributed by atoms with E-state index in [2.05, 4.69) is 18.3 Å². The van der Waals surface area contributed by atoms with Crippen molar-refractivity contribution >= 4 is 39.2 Å². The molecule has 4 rings (SSSR count). The highest BCUT2D eigenvalue weighted by atomic mass is 32.2. The number of nitrogens with zero attached hydrogens (tertiary/aromatic N) is 2. The van der Waals surface area contributed by atoms with Crippen molar-refractivity contribution in [2.24, 2.45) is 0 Å². The summed E-state index contributed by atoms with van der Waals surface area (Å²) in [7, 11) is 0. The van der Waals surface area contributed by atoms with Crippen LogP contribution in [0.5, 0.6) is 0 Å². The van der Waals surface area contributed by atoms with Gasteiger partial charge in [-0.25, -0.2) is 4.98 Å². The Morgan fingerprint density at radius 1 is 1.26 bits per heavy atom. The average Bonchev–Trinajstić information content (AvgIpc) is 3.13. The van der Waals surface area contributed by atoms with Gasteiger partial charge in [0.25, 0.3) is 5.56 Å². The summed E-state index contributed by atoms with van der Waals surface area (Å²) in [6, 6.07) is 6.13. The number of unbranched alkanes of at least 4 members (excludes halogenated alkanes) is 1. The molecular weight excluding hydrogens is 426 g/mol. The Morgan fingerprint density at radius 3 is 2.87 bits per heavy atom. The first-order valence-corrected chi connectivity index (χ1v) is 12.8. The molecule has 7 heteroatoms. The van der Waals surface area contributed by atoms with Gasteiger partial charge in [-0.05, 0) is 68.7 Å². The number of amides is 1. The molecule has 0 spiro atoms. The maximum absolute atomic E-state index is 13.8. The Labute approximate surface area is 191 Å². The lowest BCUT2D eigenvalue weighted by Crippen LogP contribution is -2.27. The second-order valence-electron chi connectivity index (χ2n) is 8.21. The molecule has 0 saturated carbocycles. The Bertz CT molecular complexity index is 1180. The van der Waals surface area contributed by atoms with Crippen LogP contribution in [0.15, 0.2) is 28.2 Å². The van der Waals surface area contributed by atoms with Crippen LogP contribution in [0.25, 0.3) is 15.9 Å². The minimum atomic E-state index is -0.0224. The van der Waals surface area contributed by atoms with Crippen molar-refractivity contribution in [1.82, 2.24) is 14.9 Å². The number of nitrogens with one attached hydrogen (secondary N) is 1. The van der Waals surface area contributed by atoms with Crippen LogP contribution in [-0.2, 0) is 17.6 Å². The van der Waals surface area contributed by atoms with Crippen molar-refractivity contribution in [2.75, 3.05) is 12.3 Å². The van der Waals surface area contributed by atoms with E-state index in [1.54, 1.807) is 15.9 Å². The van der Waals surface area contributed by atoms with E-state index in [1.807, 2.05) is 26.0 Å². The van der Waals surface area contributed by atoms with Gasteiger partial charge in [0, 0.05) is 11.4 Å². The van der Waals surface area contributed by atoms with Crippen LogP contribution in [0.3, 0.4) is 0 Å². The predicted molar refractivity (Wildman–Crippen MR) is 130 cm³/mol. The number of aryl methyl sites for hydroxylation is 4. The van der Waals surface area contributed by atoms with Gasteiger partial charge in [0.15, 0.2) is 5.16 Å². The Morgan fingerprint density at radius 2 is 2.06 bits per heavy atom. The number of carbonyl (C=O) groups is 1. The number of aromatic nitrogens is 2. The molecule has 164 valence electrons. The van der Waals surface area contributed by atoms with E-state index >= 15 is 0 Å². The SMILES string of the molecule is CCCCNC(=O)CSc1nc2sc3c(c2c(=O)n1-c1cc(C)ccc1C)CCCC3. The quantitative estimate of drug-likeness (QED) is 0.311. The Hall–Kier alpha value is -2.12. The van der Waals surface area contributed by atoms with E-state index in [0.717, 1.165) is 59.1 Å². The predicted octanol–water partition coefficient (Wildman–Crippen LogP) is 4.95. The molecule has 1 aromatic carbocycles. The fourth-order valence-corrected chi connectivity index (χ4v) is 6.18. The molecule has 5 nitrogen and oxygen atoms in total. The van der Waals surface area contributed by atoms with Gasteiger partial charge in [-0.1, -0.05) is 37.2 Å². The molecule has 0 aliphatic heterocycles. The Kier molecular flexibility index (Phi) is 6.82. The molecule has 0 bridgehead atoms. The third kappa shape index (κ3) is 4.58. The molecule has 3 aromatic rings. The van der Waals surface area contributed by atoms with E-state index < -0.39 is 0 Å². The molecule has 0 atom stereocenters. The van der Waals surface area contributed by atoms with Crippen LogP contribution in [-0.4, -0.2) is 27.8 Å². The third-order valence-corrected chi connectivity index (χ3v) is 7.87. The first kappa shape index (κ1) is 22.1. The smallest absolute Gasteiger partial charge is 0.267 e. The molecule has 0 saturated heterocycles. The summed E-state index contributed by atoms with van der Waals surface area (Å²) in [6.07, 6.45) is 6.28. The van der Waals surface area contributed by atoms with Crippen LogP contribution in [0, 0.1) is 13.8 Å². The van der Waals surface area contributed by atoms with Crippen LogP contribution < -0.4 is 10.9 Å². The number of hydrogen-bond acceptors (Lipinski definition) is 5. The van der Waals surface area contributed by atoms with E-state index in [4.69, 9.17) is 4.98 Å². The summed E-state index contributed by atoms with van der Waals surface area (Å²) in [5, 5.41) is 4.32. The van der Waals surface area contributed by atoms with Gasteiger partial charge in [-0.15, -0.1) is 11.3 Å². The molecule has 31 heavy (non-hydrogen) atoms. The van der Waals surface area contributed by atoms with Crippen LogP contribution in [0.4, 0.5) is 0 Å². The zero-order chi connectivity index (χ0) is 22.0. The van der Waals surface area contributed by atoms with Gasteiger partial charge in [0.2, 0.25) is 5.91 Å². The highest BCUT2D eigenvalue weighted by Crippen LogP contribution is 2.35. The monoisotopic (exact) mass is 455 g/mol. The minimum absolute atomic E-state index is 0.00742. The lowest BCUT2D eigenvalue weighted by molar-refractivity contribution is -0.118. The van der Waals surface area contributed by atoms with Gasteiger partial charge < -0.3 is 5.32 Å². The lowest BCUT2D eigenvalue weighted by atomic mass is 9.97. The van der Waals surface area contributed by atoms with Crippen LogP contribution >= 0.6 is 23.1 Å². The highest BCUT2D eigenvalue weighted by molar-refractivity contribution is 7.99. The van der Waals surface area contributed by atoms with Gasteiger partial charge in [0.05, 0.1) is 16.8 Å². The number of hydrogen-bond donors (Lipinski definition) is 1. The van der Waals surface area contributed by atoms with Crippen LogP contribution in [0.2, 0.25) is 0 Å². The second kappa shape index (κ2) is 9.57. The van der Waals surface area contributed by atoms with Crippen molar-refractivity contribution in [3.63, 3.8) is 0 Å². The first-order chi connectivity index (χ1) is 15.0. The van der Waals surface area contributed by atoms with Gasteiger partial charge >= 0.3 is 0 Å². The molecule has 1 aliphatic carbocycles. The number of fused-ring (bicyclic) bond motifs is 3. The molecule has 2 aromatic heterocycles. The van der Waals surface area contributed by atoms with Crippen molar-refractivity contribution in [1.29, 1.82) is 0 Å². The normalized spacial score (nSPS) is 13.4. The molecule has 1 aliphatic rings. The fourth-order valence-electron chi connectivity index (χ4n) is 4.04. The molecule has 1 amide bonds. The molecule has 2 heterocycles. The summed E-state index contributed by atoms with van der Waals surface area (Å²) in [5.74, 6) is 0.225. The van der Waals surface area contributed by atoms with Crippen molar-refractivity contribution in [2.45, 2.75) is 64.5 Å². The van der Waals surface area contributed by atoms with Crippen molar-refractivity contribution in [3.8, 4) is 5.69 Å². The van der Waals surface area contributed by atoms with Crippen molar-refractivity contribution in [3.05, 3.63) is 50.1 Å². The van der Waals surface area contributed by atoms with Gasteiger partial charge in [-0.2, -0.15) is 0 Å². The largest absolute Gasteiger partial charge is 0.355 e. The summed E-state index contributed by atoms with van der Waals surface area (Å²) >= 11 is 3.00. The topological polar surface area (TPSA) is 64.0 Å². The summed E-state index contributed by atoms with van der Waals surface area (Å²) < 4.78 is 1.73. The zero-order valence-electron chi connectivity index (χ0n) is 18.4. The van der Waals surface area contributed by atoms with Crippen molar-refractivity contribution < 1.29 is 4.79 Å². The second-order valence-corrected chi connectivity index (χ2v) is 10.2. The number of thioether (sulfide) groups is 1.